The maximum Gasteiger partial charge on any atom is 0.329 e. The second-order valence-electron chi connectivity index (χ2n) is 6.50. The van der Waals surface area contributed by atoms with Crippen LogP contribution in [0.3, 0.4) is 0 Å². The average Bonchev–Trinajstić information content (AvgIpc) is 2.59. The number of anilines is 2. The third-order valence-corrected chi connectivity index (χ3v) is 3.91. The Morgan fingerprint density at radius 2 is 1.78 bits per heavy atom. The molecule has 7 heteroatoms. The van der Waals surface area contributed by atoms with Crippen LogP contribution in [0, 0.1) is 13.8 Å². The second-order valence-corrected chi connectivity index (χ2v) is 6.94. The zero-order valence-corrected chi connectivity index (χ0v) is 16.5. The largest absolute Gasteiger partial charge is 0.355 e. The summed E-state index contributed by atoms with van der Waals surface area (Å²) in [6.45, 7) is 7.57. The summed E-state index contributed by atoms with van der Waals surface area (Å²) in [5, 5.41) is 10.3. The van der Waals surface area contributed by atoms with E-state index in [-0.39, 0.29) is 6.04 Å². The van der Waals surface area contributed by atoms with Crippen molar-refractivity contribution in [3.05, 3.63) is 58.1 Å². The van der Waals surface area contributed by atoms with E-state index in [4.69, 9.17) is 11.6 Å². The van der Waals surface area contributed by atoms with Gasteiger partial charge in [0.05, 0.1) is 6.21 Å². The van der Waals surface area contributed by atoms with E-state index in [0.29, 0.717) is 10.6 Å². The summed E-state index contributed by atoms with van der Waals surface area (Å²) in [5.41, 5.74) is 6.86. The fourth-order valence-electron chi connectivity index (χ4n) is 2.31. The van der Waals surface area contributed by atoms with E-state index < -0.39 is 11.8 Å². The number of carbonyl (C=O) groups excluding carboxylic acids is 2. The van der Waals surface area contributed by atoms with Crippen molar-refractivity contribution in [3.8, 4) is 0 Å². The van der Waals surface area contributed by atoms with E-state index in [1.54, 1.807) is 26.0 Å². The number of nitrogens with zero attached hydrogens (tertiary/aromatic N) is 1. The first-order chi connectivity index (χ1) is 12.8. The molecule has 142 valence electrons. The summed E-state index contributed by atoms with van der Waals surface area (Å²) in [6, 6.07) is 11.3. The molecule has 0 aliphatic carbocycles. The Hall–Kier alpha value is -2.86. The summed E-state index contributed by atoms with van der Waals surface area (Å²) in [6.07, 6.45) is 1.44. The zero-order chi connectivity index (χ0) is 20.0. The molecule has 0 saturated carbocycles. The van der Waals surface area contributed by atoms with Gasteiger partial charge in [-0.15, -0.1) is 0 Å². The Morgan fingerprint density at radius 3 is 2.48 bits per heavy atom. The first-order valence-corrected chi connectivity index (χ1v) is 8.92. The van der Waals surface area contributed by atoms with Crippen molar-refractivity contribution in [1.29, 1.82) is 0 Å². The average molecular weight is 387 g/mol. The molecule has 0 aliphatic rings. The first-order valence-electron chi connectivity index (χ1n) is 8.54. The van der Waals surface area contributed by atoms with Gasteiger partial charge in [0.15, 0.2) is 0 Å². The molecule has 0 saturated heterocycles. The Bertz CT molecular complexity index is 878. The summed E-state index contributed by atoms with van der Waals surface area (Å²) < 4.78 is 0. The molecule has 6 nitrogen and oxygen atoms in total. The third-order valence-electron chi connectivity index (χ3n) is 3.67. The molecule has 3 N–H and O–H groups in total. The number of halogens is 1. The molecule has 2 aromatic rings. The maximum absolute atomic E-state index is 11.7. The van der Waals surface area contributed by atoms with Gasteiger partial charge in [0, 0.05) is 28.0 Å². The van der Waals surface area contributed by atoms with E-state index >= 15 is 0 Å². The number of hydrazone groups is 1. The van der Waals surface area contributed by atoms with Crippen molar-refractivity contribution >= 4 is 41.0 Å². The van der Waals surface area contributed by atoms with Crippen molar-refractivity contribution in [2.75, 3.05) is 5.32 Å². The molecule has 0 aliphatic heterocycles. The van der Waals surface area contributed by atoms with Crippen LogP contribution < -0.4 is 16.1 Å². The minimum absolute atomic E-state index is 0.131. The molecule has 2 rings (SSSR count). The smallest absolute Gasteiger partial charge is 0.329 e. The molecule has 2 aromatic carbocycles. The lowest BCUT2D eigenvalue weighted by Gasteiger charge is -2.13. The molecule has 0 heterocycles. The lowest BCUT2D eigenvalue weighted by atomic mass is 10.1. The standard InChI is InChI=1S/C20H23ClN4O2/c1-12(2)23-19(26)20(27)25-22-11-15-10-16(21)7-8-17(15)24-18-9-13(3)5-6-14(18)4/h5-12,24H,1-4H3,(H,23,26)(H,25,27)/b22-11-. The van der Waals surface area contributed by atoms with Gasteiger partial charge in [-0.25, -0.2) is 5.43 Å². The van der Waals surface area contributed by atoms with E-state index in [9.17, 15) is 9.59 Å². The van der Waals surface area contributed by atoms with Crippen LogP contribution in [0.15, 0.2) is 41.5 Å². The number of hydrogen-bond donors (Lipinski definition) is 3. The Kier molecular flexibility index (Phi) is 6.96. The SMILES string of the molecule is Cc1ccc(C)c(Nc2ccc(Cl)cc2/C=N\NC(=O)C(=O)NC(C)C)c1. The van der Waals surface area contributed by atoms with Crippen LogP contribution in [-0.2, 0) is 9.59 Å². The number of hydrogen-bond acceptors (Lipinski definition) is 4. The van der Waals surface area contributed by atoms with Crippen molar-refractivity contribution in [1.82, 2.24) is 10.7 Å². The lowest BCUT2D eigenvalue weighted by molar-refractivity contribution is -0.139. The number of benzene rings is 2. The third kappa shape index (κ3) is 6.11. The lowest BCUT2D eigenvalue weighted by Crippen LogP contribution is -2.41. The monoisotopic (exact) mass is 386 g/mol. The van der Waals surface area contributed by atoms with Crippen LogP contribution in [0.1, 0.15) is 30.5 Å². The highest BCUT2D eigenvalue weighted by Crippen LogP contribution is 2.26. The van der Waals surface area contributed by atoms with Crippen molar-refractivity contribution in [2.24, 2.45) is 5.10 Å². The highest BCUT2D eigenvalue weighted by Gasteiger charge is 2.13. The molecule has 27 heavy (non-hydrogen) atoms. The minimum Gasteiger partial charge on any atom is -0.355 e. The van der Waals surface area contributed by atoms with E-state index in [1.165, 1.54) is 6.21 Å². The molecule has 0 fully saturated rings. The van der Waals surface area contributed by atoms with Gasteiger partial charge in [-0.3, -0.25) is 9.59 Å². The highest BCUT2D eigenvalue weighted by molar-refractivity contribution is 6.35. The van der Waals surface area contributed by atoms with Crippen LogP contribution in [0.2, 0.25) is 5.02 Å². The molecule has 0 radical (unpaired) electrons. The highest BCUT2D eigenvalue weighted by atomic mass is 35.5. The number of rotatable bonds is 5. The fourth-order valence-corrected chi connectivity index (χ4v) is 2.49. The number of aryl methyl sites for hydroxylation is 2. The first kappa shape index (κ1) is 20.5. The van der Waals surface area contributed by atoms with Gasteiger partial charge in [0.25, 0.3) is 0 Å². The molecular formula is C20H23ClN4O2. The van der Waals surface area contributed by atoms with Crippen LogP contribution in [0.25, 0.3) is 0 Å². The Balaban J connectivity index is 2.17. The summed E-state index contributed by atoms with van der Waals surface area (Å²) in [7, 11) is 0. The molecule has 0 bridgehead atoms. The van der Waals surface area contributed by atoms with E-state index in [0.717, 1.165) is 22.5 Å². The molecule has 0 aromatic heterocycles. The normalized spacial score (nSPS) is 10.9. The summed E-state index contributed by atoms with van der Waals surface area (Å²) in [4.78, 5) is 23.3. The van der Waals surface area contributed by atoms with Crippen LogP contribution in [-0.4, -0.2) is 24.1 Å². The molecular weight excluding hydrogens is 364 g/mol. The number of carbonyl (C=O) groups is 2. The predicted octanol–water partition coefficient (Wildman–Crippen LogP) is 3.68. The van der Waals surface area contributed by atoms with Crippen LogP contribution in [0.4, 0.5) is 11.4 Å². The van der Waals surface area contributed by atoms with E-state index in [1.807, 2.05) is 38.1 Å². The Labute approximate surface area is 164 Å². The van der Waals surface area contributed by atoms with E-state index in [2.05, 4.69) is 21.2 Å². The number of amides is 2. The second kappa shape index (κ2) is 9.19. The van der Waals surface area contributed by atoms with Gasteiger partial charge in [0.1, 0.15) is 0 Å². The zero-order valence-electron chi connectivity index (χ0n) is 15.8. The summed E-state index contributed by atoms with van der Waals surface area (Å²) >= 11 is 6.08. The maximum atomic E-state index is 11.7. The van der Waals surface area contributed by atoms with Crippen LogP contribution in [0.5, 0.6) is 0 Å². The molecule has 0 spiro atoms. The molecule has 0 unspecified atom stereocenters. The van der Waals surface area contributed by atoms with Gasteiger partial charge >= 0.3 is 11.8 Å². The van der Waals surface area contributed by atoms with Gasteiger partial charge in [-0.1, -0.05) is 23.7 Å². The van der Waals surface area contributed by atoms with Gasteiger partial charge in [-0.05, 0) is 63.1 Å². The summed E-state index contributed by atoms with van der Waals surface area (Å²) in [5.74, 6) is -1.56. The number of nitrogens with one attached hydrogen (secondary N) is 3. The predicted molar refractivity (Wildman–Crippen MR) is 110 cm³/mol. The van der Waals surface area contributed by atoms with Crippen molar-refractivity contribution in [3.63, 3.8) is 0 Å². The Morgan fingerprint density at radius 1 is 1.04 bits per heavy atom. The van der Waals surface area contributed by atoms with Gasteiger partial charge < -0.3 is 10.6 Å². The van der Waals surface area contributed by atoms with Gasteiger partial charge in [-0.2, -0.15) is 5.10 Å². The molecule has 0 atom stereocenters. The fraction of sp³-hybridized carbons (Fsp3) is 0.250. The molecule has 2 amide bonds. The van der Waals surface area contributed by atoms with Crippen LogP contribution >= 0.6 is 11.6 Å². The minimum atomic E-state index is -0.828. The quantitative estimate of drug-likeness (QED) is 0.416. The van der Waals surface area contributed by atoms with Gasteiger partial charge in [0.2, 0.25) is 0 Å². The van der Waals surface area contributed by atoms with Crippen molar-refractivity contribution in [2.45, 2.75) is 33.7 Å². The topological polar surface area (TPSA) is 82.6 Å². The van der Waals surface area contributed by atoms with Crippen molar-refractivity contribution < 1.29 is 9.59 Å².